The fourth-order valence-electron chi connectivity index (χ4n) is 3.13. The largest absolute Gasteiger partial charge is 0.376 e. The van der Waals surface area contributed by atoms with E-state index in [4.69, 9.17) is 0 Å². The van der Waals surface area contributed by atoms with E-state index in [1.54, 1.807) is 48.3 Å². The predicted octanol–water partition coefficient (Wildman–Crippen LogP) is 2.67. The van der Waals surface area contributed by atoms with E-state index in [9.17, 15) is 20.0 Å². The number of aliphatic hydroxyl groups is 1. The first-order valence-corrected chi connectivity index (χ1v) is 8.58. The van der Waals surface area contributed by atoms with E-state index < -0.39 is 4.92 Å². The minimum atomic E-state index is -0.471. The van der Waals surface area contributed by atoms with Crippen LogP contribution < -0.4 is 10.5 Å². The molecule has 0 spiro atoms. The average Bonchev–Trinajstić information content (AvgIpc) is 2.68. The lowest BCUT2D eigenvalue weighted by Crippen LogP contribution is -2.25. The average molecular weight is 368 g/mol. The van der Waals surface area contributed by atoms with Gasteiger partial charge < -0.3 is 10.0 Å². The number of benzene rings is 2. The molecular weight excluding hydrogens is 348 g/mol. The summed E-state index contributed by atoms with van der Waals surface area (Å²) in [7, 11) is 1.55. The zero-order valence-electron chi connectivity index (χ0n) is 15.1. The van der Waals surface area contributed by atoms with Crippen molar-refractivity contribution in [2.45, 2.75) is 13.3 Å². The van der Waals surface area contributed by atoms with Gasteiger partial charge in [-0.25, -0.2) is 4.68 Å². The van der Waals surface area contributed by atoms with Crippen LogP contribution in [0.2, 0.25) is 0 Å². The van der Waals surface area contributed by atoms with Gasteiger partial charge >= 0.3 is 0 Å². The van der Waals surface area contributed by atoms with Crippen molar-refractivity contribution in [3.05, 3.63) is 62.9 Å². The van der Waals surface area contributed by atoms with Crippen LogP contribution in [-0.2, 0) is 7.05 Å². The second-order valence-electron chi connectivity index (χ2n) is 6.19. The monoisotopic (exact) mass is 368 g/mol. The number of nitrogens with zero attached hydrogens (tertiary/aromatic N) is 4. The van der Waals surface area contributed by atoms with Crippen molar-refractivity contribution < 1.29 is 10.0 Å². The highest BCUT2D eigenvalue weighted by Gasteiger charge is 2.21. The minimum Gasteiger partial charge on any atom is -0.376 e. The highest BCUT2D eigenvalue weighted by molar-refractivity contribution is 5.94. The van der Waals surface area contributed by atoms with Crippen LogP contribution in [0, 0.1) is 10.1 Å². The van der Waals surface area contributed by atoms with Crippen molar-refractivity contribution >= 4 is 22.1 Å². The second kappa shape index (κ2) is 7.55. The molecule has 0 aliphatic carbocycles. The van der Waals surface area contributed by atoms with Crippen LogP contribution in [0.5, 0.6) is 0 Å². The number of hydrogen-bond acceptors (Lipinski definition) is 6. The highest BCUT2D eigenvalue weighted by Crippen LogP contribution is 2.34. The number of hydrogen-bond donors (Lipinski definition) is 1. The van der Waals surface area contributed by atoms with Crippen molar-refractivity contribution in [3.63, 3.8) is 0 Å². The Morgan fingerprint density at radius 2 is 1.93 bits per heavy atom. The molecule has 0 bridgehead atoms. The van der Waals surface area contributed by atoms with Crippen molar-refractivity contribution in [3.8, 4) is 11.3 Å². The zero-order chi connectivity index (χ0) is 19.6. The molecular formula is C19H20N4O4. The molecule has 0 radical (unpaired) electrons. The van der Waals surface area contributed by atoms with Crippen LogP contribution >= 0.6 is 0 Å². The third-order valence-corrected chi connectivity index (χ3v) is 4.41. The summed E-state index contributed by atoms with van der Waals surface area (Å²) in [5.74, 6) is 0. The molecule has 1 aromatic heterocycles. The van der Waals surface area contributed by atoms with Crippen LogP contribution in [0.3, 0.4) is 0 Å². The summed E-state index contributed by atoms with van der Waals surface area (Å²) in [6, 6.07) is 11.8. The maximum Gasteiger partial charge on any atom is 0.293 e. The predicted molar refractivity (Wildman–Crippen MR) is 104 cm³/mol. The minimum absolute atomic E-state index is 0.116. The highest BCUT2D eigenvalue weighted by atomic mass is 16.6. The summed E-state index contributed by atoms with van der Waals surface area (Å²) in [5, 5.41) is 26.7. The number of anilines is 1. The quantitative estimate of drug-likeness (QED) is 0.408. The summed E-state index contributed by atoms with van der Waals surface area (Å²) in [5.41, 5.74) is 1.03. The lowest BCUT2D eigenvalue weighted by molar-refractivity contribution is -0.384. The molecule has 0 aliphatic rings. The van der Waals surface area contributed by atoms with E-state index in [-0.39, 0.29) is 18.0 Å². The van der Waals surface area contributed by atoms with E-state index >= 15 is 0 Å². The topological polar surface area (TPSA) is 102 Å². The fourth-order valence-corrected chi connectivity index (χ4v) is 3.13. The SMILES string of the molecule is CCCN(CO)c1ccc(-c2nn(C)c(=O)c3ccccc23)cc1[N+](=O)[O-]. The summed E-state index contributed by atoms with van der Waals surface area (Å²) >= 11 is 0. The van der Waals surface area contributed by atoms with Gasteiger partial charge in [0, 0.05) is 30.6 Å². The van der Waals surface area contributed by atoms with Crippen LogP contribution in [0.1, 0.15) is 13.3 Å². The van der Waals surface area contributed by atoms with Gasteiger partial charge in [-0.3, -0.25) is 14.9 Å². The first-order valence-electron chi connectivity index (χ1n) is 8.58. The first-order chi connectivity index (χ1) is 13.0. The molecule has 0 amide bonds. The summed E-state index contributed by atoms with van der Waals surface area (Å²) in [6.07, 6.45) is 0.743. The maximum absolute atomic E-state index is 12.3. The fraction of sp³-hybridized carbons (Fsp3) is 0.263. The lowest BCUT2D eigenvalue weighted by atomic mass is 10.0. The van der Waals surface area contributed by atoms with E-state index in [1.807, 2.05) is 6.92 Å². The van der Waals surface area contributed by atoms with Crippen LogP contribution in [0.15, 0.2) is 47.3 Å². The summed E-state index contributed by atoms with van der Waals surface area (Å²) in [4.78, 5) is 25.0. The van der Waals surface area contributed by atoms with Gasteiger partial charge in [-0.2, -0.15) is 5.10 Å². The molecule has 1 N–H and O–H groups in total. The molecule has 0 saturated carbocycles. The molecule has 0 saturated heterocycles. The Balaban J connectivity index is 2.24. The second-order valence-corrected chi connectivity index (χ2v) is 6.19. The Morgan fingerprint density at radius 3 is 2.56 bits per heavy atom. The first kappa shape index (κ1) is 18.5. The summed E-state index contributed by atoms with van der Waals surface area (Å²) < 4.78 is 1.23. The third-order valence-electron chi connectivity index (χ3n) is 4.41. The molecule has 0 unspecified atom stereocenters. The molecule has 8 nitrogen and oxygen atoms in total. The molecule has 8 heteroatoms. The van der Waals surface area contributed by atoms with Gasteiger partial charge in [0.1, 0.15) is 12.4 Å². The molecule has 0 atom stereocenters. The Morgan fingerprint density at radius 1 is 1.22 bits per heavy atom. The van der Waals surface area contributed by atoms with Gasteiger partial charge in [-0.15, -0.1) is 0 Å². The molecule has 27 heavy (non-hydrogen) atoms. The molecule has 0 fully saturated rings. The van der Waals surface area contributed by atoms with Gasteiger partial charge in [-0.1, -0.05) is 31.2 Å². The molecule has 2 aromatic carbocycles. The van der Waals surface area contributed by atoms with E-state index in [2.05, 4.69) is 5.10 Å². The van der Waals surface area contributed by atoms with E-state index in [0.29, 0.717) is 34.3 Å². The number of rotatable bonds is 6. The number of nitro benzene ring substituents is 1. The Hall–Kier alpha value is -3.26. The molecule has 3 aromatic rings. The number of aliphatic hydroxyl groups excluding tert-OH is 1. The molecule has 0 aliphatic heterocycles. The maximum atomic E-state index is 12.3. The number of aromatic nitrogens is 2. The number of nitro groups is 1. The van der Waals surface area contributed by atoms with Crippen LogP contribution in [0.25, 0.3) is 22.0 Å². The Kier molecular flexibility index (Phi) is 5.18. The van der Waals surface area contributed by atoms with Crippen molar-refractivity contribution in [1.82, 2.24) is 9.78 Å². The van der Waals surface area contributed by atoms with E-state index in [1.165, 1.54) is 10.7 Å². The van der Waals surface area contributed by atoms with Crippen LogP contribution in [-0.4, -0.2) is 33.1 Å². The number of aryl methyl sites for hydroxylation is 1. The lowest BCUT2D eigenvalue weighted by Gasteiger charge is -2.21. The molecule has 1 heterocycles. The summed E-state index contributed by atoms with van der Waals surface area (Å²) in [6.45, 7) is 2.12. The van der Waals surface area contributed by atoms with Gasteiger partial charge in [0.2, 0.25) is 0 Å². The number of fused-ring (bicyclic) bond motifs is 1. The molecule has 3 rings (SSSR count). The van der Waals surface area contributed by atoms with Gasteiger partial charge in [0.05, 0.1) is 16.0 Å². The zero-order valence-corrected chi connectivity index (χ0v) is 15.1. The Bertz CT molecular complexity index is 1060. The van der Waals surface area contributed by atoms with Crippen molar-refractivity contribution in [2.75, 3.05) is 18.2 Å². The van der Waals surface area contributed by atoms with Crippen molar-refractivity contribution in [2.24, 2.45) is 7.05 Å². The van der Waals surface area contributed by atoms with E-state index in [0.717, 1.165) is 6.42 Å². The molecule has 140 valence electrons. The third kappa shape index (κ3) is 3.39. The van der Waals surface area contributed by atoms with Crippen molar-refractivity contribution in [1.29, 1.82) is 0 Å². The standard InChI is InChI=1S/C19H20N4O4/c1-3-10-22(12-24)16-9-8-13(11-17(16)23(26)27)18-14-6-4-5-7-15(14)19(25)21(2)20-18/h4-9,11,24H,3,10,12H2,1-2H3. The van der Waals surface area contributed by atoms with Gasteiger partial charge in [0.15, 0.2) is 0 Å². The Labute approximate surface area is 155 Å². The van der Waals surface area contributed by atoms with Crippen LogP contribution in [0.4, 0.5) is 11.4 Å². The normalized spacial score (nSPS) is 10.9. The van der Waals surface area contributed by atoms with Gasteiger partial charge in [-0.05, 0) is 18.6 Å². The smallest absolute Gasteiger partial charge is 0.293 e. The van der Waals surface area contributed by atoms with Gasteiger partial charge in [0.25, 0.3) is 11.2 Å².